The van der Waals surface area contributed by atoms with E-state index in [0.29, 0.717) is 5.75 Å². The van der Waals surface area contributed by atoms with E-state index in [9.17, 15) is 4.79 Å². The molecule has 1 aromatic carbocycles. The molecule has 1 heterocycles. The normalized spacial score (nSPS) is 12.6. The topological polar surface area (TPSA) is 62.3 Å². The third-order valence-electron chi connectivity index (χ3n) is 3.05. The highest BCUT2D eigenvalue weighted by atomic mass is 32.1. The second-order valence-electron chi connectivity index (χ2n) is 4.31. The Balaban J connectivity index is 1.95. The van der Waals surface area contributed by atoms with Crippen molar-refractivity contribution in [1.82, 2.24) is 4.98 Å². The number of aliphatic carboxylic acids is 1. The number of thiazole rings is 1. The molecular formula is C13H11NO3S2. The zero-order valence-corrected chi connectivity index (χ0v) is 11.6. The zero-order chi connectivity index (χ0) is 13.4. The molecule has 0 unspecified atom stereocenters. The van der Waals surface area contributed by atoms with Gasteiger partial charge >= 0.3 is 5.97 Å². The van der Waals surface area contributed by atoms with E-state index in [0.717, 1.165) is 28.1 Å². The number of carboxylic acids is 1. The van der Waals surface area contributed by atoms with Crippen molar-refractivity contribution in [3.05, 3.63) is 32.6 Å². The van der Waals surface area contributed by atoms with E-state index in [1.54, 1.807) is 17.4 Å². The lowest BCUT2D eigenvalue weighted by Crippen LogP contribution is -2.10. The van der Waals surface area contributed by atoms with E-state index < -0.39 is 5.97 Å². The molecule has 0 saturated heterocycles. The number of rotatable bonds is 3. The number of hydrogen-bond donors (Lipinski definition) is 2. The van der Waals surface area contributed by atoms with E-state index in [-0.39, 0.29) is 6.61 Å². The van der Waals surface area contributed by atoms with Crippen molar-refractivity contribution >= 4 is 29.5 Å². The molecule has 3 rings (SSSR count). The number of hydrogen-bond acceptors (Lipinski definition) is 4. The quantitative estimate of drug-likeness (QED) is 0.854. The molecule has 0 atom stereocenters. The summed E-state index contributed by atoms with van der Waals surface area (Å²) in [7, 11) is 0. The van der Waals surface area contributed by atoms with E-state index in [1.165, 1.54) is 10.4 Å². The Morgan fingerprint density at radius 2 is 2.32 bits per heavy atom. The fourth-order valence-electron chi connectivity index (χ4n) is 2.26. The van der Waals surface area contributed by atoms with Crippen LogP contribution in [0, 0.1) is 3.95 Å². The Morgan fingerprint density at radius 1 is 1.47 bits per heavy atom. The van der Waals surface area contributed by atoms with Gasteiger partial charge in [0, 0.05) is 10.4 Å². The zero-order valence-electron chi connectivity index (χ0n) is 9.93. The maximum Gasteiger partial charge on any atom is 0.341 e. The van der Waals surface area contributed by atoms with Crippen LogP contribution in [0.4, 0.5) is 0 Å². The number of aromatic amines is 1. The Labute approximate surface area is 118 Å². The van der Waals surface area contributed by atoms with E-state index in [4.69, 9.17) is 22.1 Å². The van der Waals surface area contributed by atoms with Crippen LogP contribution in [-0.4, -0.2) is 22.7 Å². The SMILES string of the molecule is O=C(O)COc1ccc2c(c1)CCc1sc(=S)[nH]c1-2. The Bertz CT molecular complexity index is 702. The number of carbonyl (C=O) groups is 1. The maximum absolute atomic E-state index is 10.5. The molecule has 0 aliphatic heterocycles. The Kier molecular flexibility index (Phi) is 3.12. The number of benzene rings is 1. The van der Waals surface area contributed by atoms with Crippen molar-refractivity contribution in [3.8, 4) is 17.0 Å². The van der Waals surface area contributed by atoms with Crippen molar-refractivity contribution in [2.75, 3.05) is 6.61 Å². The van der Waals surface area contributed by atoms with Crippen LogP contribution < -0.4 is 4.74 Å². The molecule has 4 nitrogen and oxygen atoms in total. The summed E-state index contributed by atoms with van der Waals surface area (Å²) >= 11 is 6.80. The van der Waals surface area contributed by atoms with E-state index >= 15 is 0 Å². The average Bonchev–Trinajstić information content (AvgIpc) is 2.76. The van der Waals surface area contributed by atoms with Crippen LogP contribution >= 0.6 is 23.6 Å². The van der Waals surface area contributed by atoms with Crippen LogP contribution in [0.1, 0.15) is 10.4 Å². The molecule has 0 radical (unpaired) electrons. The maximum atomic E-state index is 10.5. The van der Waals surface area contributed by atoms with E-state index in [1.807, 2.05) is 12.1 Å². The summed E-state index contributed by atoms with van der Waals surface area (Å²) in [4.78, 5) is 15.0. The fraction of sp³-hybridized carbons (Fsp3) is 0.231. The van der Waals surface area contributed by atoms with Crippen LogP contribution in [0.5, 0.6) is 5.75 Å². The molecule has 2 N–H and O–H groups in total. The summed E-state index contributed by atoms with van der Waals surface area (Å²) < 4.78 is 5.99. The first-order valence-corrected chi connectivity index (χ1v) is 7.06. The standard InChI is InChI=1S/C13H11NO3S2/c15-11(16)6-17-8-2-3-9-7(5-8)1-4-10-12(9)14-13(18)19-10/h2-3,5H,1,4,6H2,(H,14,18)(H,15,16). The molecule has 2 aromatic rings. The molecule has 19 heavy (non-hydrogen) atoms. The number of H-pyrrole nitrogens is 1. The van der Waals surface area contributed by atoms with Crippen LogP contribution in [-0.2, 0) is 17.6 Å². The van der Waals surface area contributed by atoms with Crippen LogP contribution in [0.3, 0.4) is 0 Å². The molecule has 0 bridgehead atoms. The molecule has 1 aliphatic carbocycles. The first kappa shape index (κ1) is 12.4. The molecule has 1 aromatic heterocycles. The predicted octanol–water partition coefficient (Wildman–Crippen LogP) is 3.03. The average molecular weight is 293 g/mol. The number of nitrogens with one attached hydrogen (secondary N) is 1. The molecular weight excluding hydrogens is 282 g/mol. The van der Waals surface area contributed by atoms with Gasteiger partial charge in [-0.25, -0.2) is 4.79 Å². The van der Waals surface area contributed by atoms with Gasteiger partial charge in [0.25, 0.3) is 0 Å². The van der Waals surface area contributed by atoms with Crippen molar-refractivity contribution in [3.63, 3.8) is 0 Å². The monoisotopic (exact) mass is 293 g/mol. The van der Waals surface area contributed by atoms with E-state index in [2.05, 4.69) is 4.98 Å². The largest absolute Gasteiger partial charge is 0.482 e. The van der Waals surface area contributed by atoms with Crippen LogP contribution in [0.2, 0.25) is 0 Å². The Morgan fingerprint density at radius 3 is 3.11 bits per heavy atom. The minimum Gasteiger partial charge on any atom is -0.482 e. The number of aromatic nitrogens is 1. The first-order valence-electron chi connectivity index (χ1n) is 5.83. The van der Waals surface area contributed by atoms with Gasteiger partial charge in [-0.15, -0.1) is 11.3 Å². The molecule has 0 fully saturated rings. The summed E-state index contributed by atoms with van der Waals surface area (Å²) in [5.74, 6) is -0.375. The molecule has 0 saturated carbocycles. The lowest BCUT2D eigenvalue weighted by atomic mass is 9.93. The highest BCUT2D eigenvalue weighted by Crippen LogP contribution is 2.36. The van der Waals surface area contributed by atoms with Crippen molar-refractivity contribution in [2.45, 2.75) is 12.8 Å². The number of carboxylic acid groups (broad SMARTS) is 1. The second kappa shape index (κ2) is 4.79. The van der Waals surface area contributed by atoms with Gasteiger partial charge in [0.1, 0.15) is 5.75 Å². The van der Waals surface area contributed by atoms with Gasteiger partial charge in [-0.3, -0.25) is 0 Å². The van der Waals surface area contributed by atoms with Crippen LogP contribution in [0.25, 0.3) is 11.3 Å². The molecule has 0 amide bonds. The lowest BCUT2D eigenvalue weighted by molar-refractivity contribution is -0.139. The molecule has 1 aliphatic rings. The van der Waals surface area contributed by atoms with Gasteiger partial charge in [0.2, 0.25) is 0 Å². The van der Waals surface area contributed by atoms with Gasteiger partial charge in [0.15, 0.2) is 10.6 Å². The predicted molar refractivity (Wildman–Crippen MR) is 75.5 cm³/mol. The summed E-state index contributed by atoms with van der Waals surface area (Å²) in [5.41, 5.74) is 3.40. The number of aryl methyl sites for hydroxylation is 2. The minimum absolute atomic E-state index is 0.315. The Hall–Kier alpha value is -1.66. The smallest absolute Gasteiger partial charge is 0.341 e. The summed E-state index contributed by atoms with van der Waals surface area (Å²) in [5, 5.41) is 8.61. The van der Waals surface area contributed by atoms with Crippen molar-refractivity contribution in [2.24, 2.45) is 0 Å². The van der Waals surface area contributed by atoms with Crippen LogP contribution in [0.15, 0.2) is 18.2 Å². The van der Waals surface area contributed by atoms with Gasteiger partial charge < -0.3 is 14.8 Å². The van der Waals surface area contributed by atoms with Crippen molar-refractivity contribution in [1.29, 1.82) is 0 Å². The highest BCUT2D eigenvalue weighted by molar-refractivity contribution is 7.73. The third kappa shape index (κ3) is 2.41. The van der Waals surface area contributed by atoms with Gasteiger partial charge in [-0.1, -0.05) is 0 Å². The molecule has 6 heteroatoms. The first-order chi connectivity index (χ1) is 9.13. The van der Waals surface area contributed by atoms with Gasteiger partial charge in [-0.2, -0.15) is 0 Å². The summed E-state index contributed by atoms with van der Waals surface area (Å²) in [6.45, 7) is -0.315. The van der Waals surface area contributed by atoms with Gasteiger partial charge in [-0.05, 0) is 48.8 Å². The second-order valence-corrected chi connectivity index (χ2v) is 6.09. The third-order valence-corrected chi connectivity index (χ3v) is 4.35. The van der Waals surface area contributed by atoms with Crippen molar-refractivity contribution < 1.29 is 14.6 Å². The number of ether oxygens (including phenoxy) is 1. The number of fused-ring (bicyclic) bond motifs is 3. The molecule has 98 valence electrons. The fourth-order valence-corrected chi connectivity index (χ4v) is 3.51. The lowest BCUT2D eigenvalue weighted by Gasteiger charge is -2.16. The summed E-state index contributed by atoms with van der Waals surface area (Å²) in [6, 6.07) is 5.67. The highest BCUT2D eigenvalue weighted by Gasteiger charge is 2.19. The molecule has 0 spiro atoms. The summed E-state index contributed by atoms with van der Waals surface area (Å²) in [6.07, 6.45) is 1.89. The van der Waals surface area contributed by atoms with Gasteiger partial charge in [0.05, 0.1) is 5.69 Å². The minimum atomic E-state index is -0.970.